The Morgan fingerprint density at radius 1 is 1.00 bits per heavy atom. The lowest BCUT2D eigenvalue weighted by Gasteiger charge is -2.35. The largest absolute Gasteiger partial charge is 0.465 e. The normalized spacial score (nSPS) is 16.8. The molecular formula is C25H29N5O2. The maximum Gasteiger partial charge on any atom is 0.257 e. The van der Waals surface area contributed by atoms with Crippen molar-refractivity contribution in [3.8, 4) is 0 Å². The van der Waals surface area contributed by atoms with Crippen molar-refractivity contribution in [2.75, 3.05) is 37.6 Å². The van der Waals surface area contributed by atoms with Gasteiger partial charge >= 0.3 is 0 Å². The number of hydrogen-bond acceptors (Lipinski definition) is 6. The van der Waals surface area contributed by atoms with E-state index in [1.165, 1.54) is 11.1 Å². The van der Waals surface area contributed by atoms with Crippen LogP contribution in [0.1, 0.15) is 38.6 Å². The van der Waals surface area contributed by atoms with Crippen molar-refractivity contribution < 1.29 is 9.21 Å². The highest BCUT2D eigenvalue weighted by molar-refractivity contribution is 5.97. The van der Waals surface area contributed by atoms with E-state index in [1.807, 2.05) is 17.9 Å². The summed E-state index contributed by atoms with van der Waals surface area (Å²) in [5.41, 5.74) is 4.40. The standard InChI is InChI=1S/C25H29N5O2/c1-18-4-6-20(7-5-18)16-28-11-8-22-21(17-28)23(19(2)32-22)24(31)29-12-14-30(15-13-29)25-26-9-3-10-27-25/h3-7,9-10H,8,11-17H2,1-2H3. The number of furan rings is 1. The Morgan fingerprint density at radius 3 is 2.44 bits per heavy atom. The summed E-state index contributed by atoms with van der Waals surface area (Å²) in [5.74, 6) is 2.52. The molecule has 166 valence electrons. The zero-order valence-corrected chi connectivity index (χ0v) is 18.8. The van der Waals surface area contributed by atoms with Crippen molar-refractivity contribution in [1.82, 2.24) is 19.8 Å². The summed E-state index contributed by atoms with van der Waals surface area (Å²) < 4.78 is 6.05. The van der Waals surface area contributed by atoms with Crippen LogP contribution in [0.4, 0.5) is 5.95 Å². The van der Waals surface area contributed by atoms with Crippen molar-refractivity contribution >= 4 is 11.9 Å². The Balaban J connectivity index is 1.28. The van der Waals surface area contributed by atoms with Gasteiger partial charge in [0.2, 0.25) is 5.95 Å². The first kappa shape index (κ1) is 20.7. The molecule has 0 spiro atoms. The van der Waals surface area contributed by atoms with Crippen LogP contribution in [0.15, 0.2) is 47.1 Å². The Kier molecular flexibility index (Phi) is 5.66. The lowest BCUT2D eigenvalue weighted by molar-refractivity contribution is 0.0742. The zero-order valence-electron chi connectivity index (χ0n) is 18.8. The predicted octanol–water partition coefficient (Wildman–Crippen LogP) is 3.21. The van der Waals surface area contributed by atoms with Crippen LogP contribution in [-0.4, -0.2) is 58.4 Å². The number of amides is 1. The van der Waals surface area contributed by atoms with E-state index in [0.29, 0.717) is 13.1 Å². The molecule has 0 aliphatic carbocycles. The highest BCUT2D eigenvalue weighted by Crippen LogP contribution is 2.30. The van der Waals surface area contributed by atoms with E-state index < -0.39 is 0 Å². The van der Waals surface area contributed by atoms with Crippen molar-refractivity contribution in [3.05, 3.63) is 76.5 Å². The van der Waals surface area contributed by atoms with Gasteiger partial charge in [-0.1, -0.05) is 29.8 Å². The minimum atomic E-state index is 0.0818. The first-order chi connectivity index (χ1) is 15.6. The van der Waals surface area contributed by atoms with E-state index in [0.717, 1.165) is 67.7 Å². The molecule has 0 radical (unpaired) electrons. The summed E-state index contributed by atoms with van der Waals surface area (Å²) >= 11 is 0. The minimum absolute atomic E-state index is 0.0818. The number of hydrogen-bond donors (Lipinski definition) is 0. The predicted molar refractivity (Wildman–Crippen MR) is 123 cm³/mol. The number of rotatable bonds is 4. The fourth-order valence-electron chi connectivity index (χ4n) is 4.67. The molecule has 4 heterocycles. The second-order valence-corrected chi connectivity index (χ2v) is 8.71. The molecule has 32 heavy (non-hydrogen) atoms. The van der Waals surface area contributed by atoms with Crippen LogP contribution in [0.3, 0.4) is 0 Å². The lowest BCUT2D eigenvalue weighted by Crippen LogP contribution is -2.49. The third-order valence-corrected chi connectivity index (χ3v) is 6.45. The topological polar surface area (TPSA) is 65.7 Å². The Hall–Kier alpha value is -3.19. The Labute approximate surface area is 188 Å². The quantitative estimate of drug-likeness (QED) is 0.632. The average molecular weight is 432 g/mol. The van der Waals surface area contributed by atoms with Crippen molar-refractivity contribution in [3.63, 3.8) is 0 Å². The molecule has 0 N–H and O–H groups in total. The van der Waals surface area contributed by atoms with Crippen LogP contribution in [0, 0.1) is 13.8 Å². The van der Waals surface area contributed by atoms with Gasteiger partial charge in [-0.15, -0.1) is 0 Å². The summed E-state index contributed by atoms with van der Waals surface area (Å²) in [6.07, 6.45) is 4.35. The van der Waals surface area contributed by atoms with E-state index >= 15 is 0 Å². The van der Waals surface area contributed by atoms with Crippen LogP contribution >= 0.6 is 0 Å². The van der Waals surface area contributed by atoms with Gasteiger partial charge in [0.1, 0.15) is 11.5 Å². The molecular weight excluding hydrogens is 402 g/mol. The van der Waals surface area contributed by atoms with E-state index in [1.54, 1.807) is 12.4 Å². The molecule has 1 fully saturated rings. The lowest BCUT2D eigenvalue weighted by atomic mass is 10.0. The summed E-state index contributed by atoms with van der Waals surface area (Å²) in [4.78, 5) is 28.6. The minimum Gasteiger partial charge on any atom is -0.465 e. The first-order valence-electron chi connectivity index (χ1n) is 11.3. The third-order valence-electron chi connectivity index (χ3n) is 6.45. The number of carbonyl (C=O) groups excluding carboxylic acids is 1. The summed E-state index contributed by atoms with van der Waals surface area (Å²) in [6.45, 7) is 9.37. The molecule has 0 unspecified atom stereocenters. The van der Waals surface area contributed by atoms with Crippen LogP contribution in [0.2, 0.25) is 0 Å². The zero-order chi connectivity index (χ0) is 22.1. The molecule has 0 bridgehead atoms. The van der Waals surface area contributed by atoms with Crippen LogP contribution < -0.4 is 4.90 Å². The molecule has 2 aromatic heterocycles. The smallest absolute Gasteiger partial charge is 0.257 e. The van der Waals surface area contributed by atoms with Gasteiger partial charge < -0.3 is 14.2 Å². The molecule has 7 heteroatoms. The Bertz CT molecular complexity index is 1090. The van der Waals surface area contributed by atoms with Gasteiger partial charge in [-0.05, 0) is 25.5 Å². The van der Waals surface area contributed by atoms with E-state index in [2.05, 4.69) is 51.0 Å². The fraction of sp³-hybridized carbons (Fsp3) is 0.400. The number of benzene rings is 1. The molecule has 2 aliphatic rings. The van der Waals surface area contributed by atoms with Gasteiger partial charge in [0.05, 0.1) is 5.56 Å². The number of anilines is 1. The third kappa shape index (κ3) is 4.12. The second kappa shape index (κ2) is 8.74. The summed E-state index contributed by atoms with van der Waals surface area (Å²) in [6, 6.07) is 10.5. The molecule has 1 amide bonds. The Morgan fingerprint density at radius 2 is 1.72 bits per heavy atom. The number of fused-ring (bicyclic) bond motifs is 1. The maximum absolute atomic E-state index is 13.5. The fourth-order valence-corrected chi connectivity index (χ4v) is 4.67. The number of nitrogens with zero attached hydrogens (tertiary/aromatic N) is 5. The molecule has 1 saturated heterocycles. The molecule has 2 aliphatic heterocycles. The maximum atomic E-state index is 13.5. The van der Waals surface area contributed by atoms with E-state index in [9.17, 15) is 4.79 Å². The number of aryl methyl sites for hydroxylation is 2. The van der Waals surface area contributed by atoms with Crippen LogP contribution in [0.5, 0.6) is 0 Å². The number of aromatic nitrogens is 2. The summed E-state index contributed by atoms with van der Waals surface area (Å²) in [7, 11) is 0. The van der Waals surface area contributed by atoms with Gasteiger partial charge in [-0.2, -0.15) is 0 Å². The molecule has 7 nitrogen and oxygen atoms in total. The van der Waals surface area contributed by atoms with Crippen molar-refractivity contribution in [2.24, 2.45) is 0 Å². The first-order valence-corrected chi connectivity index (χ1v) is 11.3. The van der Waals surface area contributed by atoms with Gasteiger partial charge in [0.15, 0.2) is 0 Å². The molecule has 0 atom stereocenters. The van der Waals surface area contributed by atoms with Crippen LogP contribution in [0.25, 0.3) is 0 Å². The van der Waals surface area contributed by atoms with Gasteiger partial charge in [0, 0.05) is 70.2 Å². The monoisotopic (exact) mass is 431 g/mol. The average Bonchev–Trinajstić information content (AvgIpc) is 3.16. The highest BCUT2D eigenvalue weighted by atomic mass is 16.3. The van der Waals surface area contributed by atoms with Gasteiger partial charge in [0.25, 0.3) is 5.91 Å². The van der Waals surface area contributed by atoms with E-state index in [-0.39, 0.29) is 5.91 Å². The molecule has 5 rings (SSSR count). The molecule has 0 saturated carbocycles. The van der Waals surface area contributed by atoms with Crippen molar-refractivity contribution in [2.45, 2.75) is 33.4 Å². The highest BCUT2D eigenvalue weighted by Gasteiger charge is 2.32. The summed E-state index contributed by atoms with van der Waals surface area (Å²) in [5, 5.41) is 0. The van der Waals surface area contributed by atoms with Crippen molar-refractivity contribution in [1.29, 1.82) is 0 Å². The van der Waals surface area contributed by atoms with Gasteiger partial charge in [-0.3, -0.25) is 9.69 Å². The van der Waals surface area contributed by atoms with E-state index in [4.69, 9.17) is 4.42 Å². The SMILES string of the molecule is Cc1ccc(CN2CCc3oc(C)c(C(=O)N4CCN(c5ncccn5)CC4)c3C2)cc1. The number of carbonyl (C=O) groups is 1. The molecule has 1 aromatic carbocycles. The van der Waals surface area contributed by atoms with Gasteiger partial charge in [-0.25, -0.2) is 9.97 Å². The molecule has 3 aromatic rings. The number of piperazine rings is 1. The van der Waals surface area contributed by atoms with Crippen LogP contribution in [-0.2, 0) is 19.5 Å². The second-order valence-electron chi connectivity index (χ2n) is 8.71.